The van der Waals surface area contributed by atoms with Crippen LogP contribution >= 0.6 is 11.6 Å². The Hall–Kier alpha value is -3.03. The van der Waals surface area contributed by atoms with Gasteiger partial charge < -0.3 is 24.4 Å². The van der Waals surface area contributed by atoms with Gasteiger partial charge in [0.15, 0.2) is 0 Å². The summed E-state index contributed by atoms with van der Waals surface area (Å²) in [6, 6.07) is 11.1. The van der Waals surface area contributed by atoms with Crippen LogP contribution in [0.2, 0.25) is 5.02 Å². The molecule has 32 heavy (non-hydrogen) atoms. The molecule has 1 amide bonds. The lowest BCUT2D eigenvalue weighted by atomic mass is 9.95. The third-order valence-corrected chi connectivity index (χ3v) is 5.70. The fraction of sp³-hybridized carbons (Fsp3) is 0.333. The summed E-state index contributed by atoms with van der Waals surface area (Å²) in [5.74, 6) is -0.533. The topological polar surface area (TPSA) is 79.3 Å². The molecule has 170 valence electrons. The second-order valence-corrected chi connectivity index (χ2v) is 8.18. The Morgan fingerprint density at radius 2 is 1.78 bits per heavy atom. The molecule has 0 spiro atoms. The molecular formula is C24H27ClN2O5. The Morgan fingerprint density at radius 3 is 2.34 bits per heavy atom. The van der Waals surface area contributed by atoms with E-state index in [1.807, 2.05) is 19.0 Å². The number of rotatable bonds is 8. The van der Waals surface area contributed by atoms with E-state index in [4.69, 9.17) is 21.1 Å². The first-order chi connectivity index (χ1) is 15.3. The zero-order valence-electron chi connectivity index (χ0n) is 18.6. The largest absolute Gasteiger partial charge is 0.507 e. The highest BCUT2D eigenvalue weighted by Crippen LogP contribution is 2.40. The summed E-state index contributed by atoms with van der Waals surface area (Å²) in [6.45, 7) is 1.13. The molecule has 1 saturated heterocycles. The maximum atomic E-state index is 13.0. The van der Waals surface area contributed by atoms with Gasteiger partial charge in [0.1, 0.15) is 17.3 Å². The molecule has 1 atom stereocenters. The minimum absolute atomic E-state index is 0.0336. The van der Waals surface area contributed by atoms with E-state index in [2.05, 4.69) is 0 Å². The van der Waals surface area contributed by atoms with E-state index >= 15 is 0 Å². The van der Waals surface area contributed by atoms with Crippen molar-refractivity contribution in [1.29, 1.82) is 0 Å². The molecule has 2 aromatic rings. The summed E-state index contributed by atoms with van der Waals surface area (Å²) in [5, 5.41) is 11.4. The van der Waals surface area contributed by atoms with Crippen molar-refractivity contribution in [2.24, 2.45) is 0 Å². The second kappa shape index (κ2) is 10.1. The van der Waals surface area contributed by atoms with Crippen LogP contribution in [0, 0.1) is 0 Å². The van der Waals surface area contributed by atoms with E-state index in [9.17, 15) is 14.7 Å². The normalized spacial score (nSPS) is 17.8. The Labute approximate surface area is 192 Å². The molecule has 1 heterocycles. The zero-order chi connectivity index (χ0) is 23.4. The lowest BCUT2D eigenvalue weighted by molar-refractivity contribution is -0.139. The van der Waals surface area contributed by atoms with Gasteiger partial charge in [0.25, 0.3) is 11.7 Å². The van der Waals surface area contributed by atoms with E-state index in [1.165, 1.54) is 18.1 Å². The Morgan fingerprint density at radius 1 is 1.09 bits per heavy atom. The van der Waals surface area contributed by atoms with Crippen LogP contribution in [0.1, 0.15) is 23.6 Å². The van der Waals surface area contributed by atoms with Crippen LogP contribution in [0.25, 0.3) is 5.76 Å². The lowest BCUT2D eigenvalue weighted by Gasteiger charge is -2.26. The number of amides is 1. The van der Waals surface area contributed by atoms with E-state index in [-0.39, 0.29) is 16.4 Å². The summed E-state index contributed by atoms with van der Waals surface area (Å²) < 4.78 is 10.4. The van der Waals surface area contributed by atoms with Gasteiger partial charge in [-0.15, -0.1) is 0 Å². The Bertz CT molecular complexity index is 1030. The standard InChI is InChI=1S/C24H27ClN2O5/c1-26(2)12-5-13-27-21(15-6-9-17(31-3)10-7-15)20(23(29)24(27)30)22(28)16-8-11-19(32-4)18(25)14-16/h6-11,14,21,28H,5,12-13H2,1-4H3/b22-20+/t21-/m0/s1. The highest BCUT2D eigenvalue weighted by atomic mass is 35.5. The van der Waals surface area contributed by atoms with Crippen molar-refractivity contribution in [2.75, 3.05) is 41.4 Å². The molecule has 1 N–H and O–H groups in total. The highest BCUT2D eigenvalue weighted by Gasteiger charge is 2.45. The number of halogens is 1. The first kappa shape index (κ1) is 23.6. The van der Waals surface area contributed by atoms with Gasteiger partial charge in [-0.1, -0.05) is 23.7 Å². The number of carbonyl (C=O) groups is 2. The lowest BCUT2D eigenvalue weighted by Crippen LogP contribution is -2.32. The molecule has 1 aliphatic heterocycles. The molecule has 0 unspecified atom stereocenters. The van der Waals surface area contributed by atoms with Gasteiger partial charge in [-0.25, -0.2) is 0 Å². The van der Waals surface area contributed by atoms with E-state index in [0.29, 0.717) is 35.6 Å². The van der Waals surface area contributed by atoms with Crippen molar-refractivity contribution in [2.45, 2.75) is 12.5 Å². The van der Waals surface area contributed by atoms with Gasteiger partial charge in [0.2, 0.25) is 0 Å². The smallest absolute Gasteiger partial charge is 0.295 e. The average molecular weight is 459 g/mol. The molecule has 0 aromatic heterocycles. The number of methoxy groups -OCH3 is 2. The van der Waals surface area contributed by atoms with E-state index in [0.717, 1.165) is 6.54 Å². The number of ketones is 1. The first-order valence-electron chi connectivity index (χ1n) is 10.2. The maximum Gasteiger partial charge on any atom is 0.295 e. The predicted molar refractivity (Wildman–Crippen MR) is 123 cm³/mol. The van der Waals surface area contributed by atoms with E-state index < -0.39 is 17.7 Å². The summed E-state index contributed by atoms with van der Waals surface area (Å²) in [4.78, 5) is 29.5. The van der Waals surface area contributed by atoms with Crippen molar-refractivity contribution in [1.82, 2.24) is 9.80 Å². The predicted octanol–water partition coefficient (Wildman–Crippen LogP) is 3.73. The quantitative estimate of drug-likeness (QED) is 0.369. The van der Waals surface area contributed by atoms with Gasteiger partial charge in [-0.3, -0.25) is 9.59 Å². The number of likely N-dealkylation sites (tertiary alicyclic amines) is 1. The fourth-order valence-electron chi connectivity index (χ4n) is 3.77. The molecule has 0 radical (unpaired) electrons. The maximum absolute atomic E-state index is 13.0. The van der Waals surface area contributed by atoms with Gasteiger partial charge >= 0.3 is 0 Å². The number of hydrogen-bond acceptors (Lipinski definition) is 6. The third-order valence-electron chi connectivity index (χ3n) is 5.40. The number of ether oxygens (including phenoxy) is 2. The summed E-state index contributed by atoms with van der Waals surface area (Å²) in [5.41, 5.74) is 1.07. The van der Waals surface area contributed by atoms with Crippen LogP contribution in [0.5, 0.6) is 11.5 Å². The SMILES string of the molecule is COc1ccc([C@H]2/C(=C(\O)c3ccc(OC)c(Cl)c3)C(=O)C(=O)N2CCCN(C)C)cc1. The minimum Gasteiger partial charge on any atom is -0.507 e. The van der Waals surface area contributed by atoms with Crippen LogP contribution < -0.4 is 9.47 Å². The van der Waals surface area contributed by atoms with Gasteiger partial charge in [-0.05, 0) is 63.0 Å². The number of hydrogen-bond donors (Lipinski definition) is 1. The van der Waals surface area contributed by atoms with Gasteiger partial charge in [0, 0.05) is 12.1 Å². The molecule has 0 aliphatic carbocycles. The minimum atomic E-state index is -0.722. The fourth-order valence-corrected chi connectivity index (χ4v) is 4.03. The van der Waals surface area contributed by atoms with Crippen molar-refractivity contribution in [3.05, 3.63) is 64.2 Å². The van der Waals surface area contributed by atoms with Crippen LogP contribution in [0.15, 0.2) is 48.0 Å². The molecule has 0 bridgehead atoms. The molecule has 0 saturated carbocycles. The Balaban J connectivity index is 2.10. The number of aliphatic hydroxyl groups is 1. The average Bonchev–Trinajstić information content (AvgIpc) is 3.03. The van der Waals surface area contributed by atoms with Crippen LogP contribution in [-0.4, -0.2) is 68.0 Å². The third kappa shape index (κ3) is 4.74. The van der Waals surface area contributed by atoms with Crippen LogP contribution in [0.4, 0.5) is 0 Å². The number of nitrogens with zero attached hydrogens (tertiary/aromatic N) is 2. The molecule has 3 rings (SSSR count). The van der Waals surface area contributed by atoms with Gasteiger partial charge in [0.05, 0.1) is 30.9 Å². The molecule has 8 heteroatoms. The molecule has 1 aliphatic rings. The molecule has 7 nitrogen and oxygen atoms in total. The van der Waals surface area contributed by atoms with Gasteiger partial charge in [-0.2, -0.15) is 0 Å². The highest BCUT2D eigenvalue weighted by molar-refractivity contribution is 6.46. The first-order valence-corrected chi connectivity index (χ1v) is 10.6. The summed E-state index contributed by atoms with van der Waals surface area (Å²) in [6.07, 6.45) is 0.682. The monoisotopic (exact) mass is 458 g/mol. The van der Waals surface area contributed by atoms with Crippen LogP contribution in [-0.2, 0) is 9.59 Å². The van der Waals surface area contributed by atoms with Crippen molar-refractivity contribution >= 4 is 29.1 Å². The van der Waals surface area contributed by atoms with E-state index in [1.54, 1.807) is 43.5 Å². The van der Waals surface area contributed by atoms with Crippen molar-refractivity contribution < 1.29 is 24.2 Å². The second-order valence-electron chi connectivity index (χ2n) is 7.77. The number of aliphatic hydroxyl groups excluding tert-OH is 1. The molecule has 1 fully saturated rings. The summed E-state index contributed by atoms with van der Waals surface area (Å²) >= 11 is 6.22. The zero-order valence-corrected chi connectivity index (χ0v) is 19.3. The number of carbonyl (C=O) groups excluding carboxylic acids is 2. The van der Waals surface area contributed by atoms with Crippen molar-refractivity contribution in [3.63, 3.8) is 0 Å². The van der Waals surface area contributed by atoms with Crippen LogP contribution in [0.3, 0.4) is 0 Å². The Kier molecular flexibility index (Phi) is 7.43. The summed E-state index contributed by atoms with van der Waals surface area (Å²) in [7, 11) is 6.95. The van der Waals surface area contributed by atoms with Crippen molar-refractivity contribution in [3.8, 4) is 11.5 Å². The number of benzene rings is 2. The number of Topliss-reactive ketones (excluding diaryl/α,β-unsaturated/α-hetero) is 1. The molecule has 2 aromatic carbocycles. The molecular weight excluding hydrogens is 432 g/mol.